The second-order valence-electron chi connectivity index (χ2n) is 8.17. The van der Waals surface area contributed by atoms with Gasteiger partial charge in [-0.05, 0) is 45.8 Å². The van der Waals surface area contributed by atoms with E-state index in [9.17, 15) is 28.8 Å². The molecule has 0 saturated carbocycles. The predicted octanol–water partition coefficient (Wildman–Crippen LogP) is 1.16. The minimum atomic E-state index is -0.756. The number of carbonyl (C=O) groups excluding carboxylic acids is 6. The lowest BCUT2D eigenvalue weighted by molar-refractivity contribution is -0.136. The van der Waals surface area contributed by atoms with Crippen molar-refractivity contribution in [2.75, 3.05) is 46.2 Å². The van der Waals surface area contributed by atoms with Crippen molar-refractivity contribution < 1.29 is 38.2 Å². The van der Waals surface area contributed by atoms with E-state index in [0.717, 1.165) is 6.42 Å². The Morgan fingerprint density at radius 3 is 2.11 bits per heavy atom. The lowest BCUT2D eigenvalue weighted by Crippen LogP contribution is -2.48. The van der Waals surface area contributed by atoms with Gasteiger partial charge in [0.1, 0.15) is 6.04 Å². The molecule has 1 rings (SSSR count). The lowest BCUT2D eigenvalue weighted by atomic mass is 10.1. The molecule has 38 heavy (non-hydrogen) atoms. The average molecular weight is 562 g/mol. The number of nitrogens with zero attached hydrogens (tertiary/aromatic N) is 1. The van der Waals surface area contributed by atoms with Crippen LogP contribution in [0.2, 0.25) is 0 Å². The van der Waals surface area contributed by atoms with Gasteiger partial charge in [-0.2, -0.15) is 11.8 Å². The number of hydrogen-bond acceptors (Lipinski definition) is 9. The van der Waals surface area contributed by atoms with Gasteiger partial charge in [0.2, 0.25) is 23.6 Å². The van der Waals surface area contributed by atoms with E-state index in [1.54, 1.807) is 13.8 Å². The van der Waals surface area contributed by atoms with Crippen molar-refractivity contribution in [3.8, 4) is 0 Å². The van der Waals surface area contributed by atoms with Crippen molar-refractivity contribution in [3.63, 3.8) is 0 Å². The Balaban J connectivity index is 0.00000113. The molecule has 4 N–H and O–H groups in total. The van der Waals surface area contributed by atoms with Crippen LogP contribution in [-0.2, 0) is 28.7 Å². The molecule has 1 aliphatic rings. The highest BCUT2D eigenvalue weighted by molar-refractivity contribution is 8.00. The van der Waals surface area contributed by atoms with Crippen LogP contribution in [0.15, 0.2) is 0 Å². The summed E-state index contributed by atoms with van der Waals surface area (Å²) in [7, 11) is 1.53. The van der Waals surface area contributed by atoms with Crippen molar-refractivity contribution >= 4 is 47.6 Å². The van der Waals surface area contributed by atoms with E-state index in [1.807, 2.05) is 13.2 Å². The SMILES string of the molecule is CCCC(=O)NCCNC(=O)C(CCCCNC(=O)OCC)NC(=O)OCC.CSC1CC(=O)N(C)C1=O. The van der Waals surface area contributed by atoms with Gasteiger partial charge < -0.3 is 30.7 Å². The molecule has 1 heterocycles. The molecule has 1 fully saturated rings. The van der Waals surface area contributed by atoms with Gasteiger partial charge in [0.25, 0.3) is 0 Å². The number of rotatable bonds is 15. The summed E-state index contributed by atoms with van der Waals surface area (Å²) >= 11 is 1.44. The van der Waals surface area contributed by atoms with Gasteiger partial charge in [0.15, 0.2) is 0 Å². The summed E-state index contributed by atoms with van der Waals surface area (Å²) in [5.74, 6) is -0.537. The Morgan fingerprint density at radius 2 is 1.58 bits per heavy atom. The molecule has 6 amide bonds. The Bertz CT molecular complexity index is 783. The average Bonchev–Trinajstić information content (AvgIpc) is 3.13. The molecule has 2 atom stereocenters. The maximum Gasteiger partial charge on any atom is 0.407 e. The molecule has 0 bridgehead atoms. The van der Waals surface area contributed by atoms with Gasteiger partial charge in [-0.3, -0.25) is 24.1 Å². The zero-order chi connectivity index (χ0) is 28.9. The second-order valence-corrected chi connectivity index (χ2v) is 9.21. The van der Waals surface area contributed by atoms with E-state index in [0.29, 0.717) is 51.8 Å². The Morgan fingerprint density at radius 1 is 0.947 bits per heavy atom. The molecule has 14 heteroatoms. The number of carbonyl (C=O) groups is 6. The van der Waals surface area contributed by atoms with Crippen molar-refractivity contribution in [2.45, 2.75) is 70.6 Å². The van der Waals surface area contributed by atoms with Crippen LogP contribution >= 0.6 is 11.8 Å². The van der Waals surface area contributed by atoms with E-state index < -0.39 is 18.2 Å². The molecule has 0 aromatic carbocycles. The fourth-order valence-electron chi connectivity index (χ4n) is 3.16. The van der Waals surface area contributed by atoms with Crippen molar-refractivity contribution in [1.82, 2.24) is 26.2 Å². The fourth-order valence-corrected chi connectivity index (χ4v) is 3.83. The normalized spacial score (nSPS) is 15.1. The Labute approximate surface area is 228 Å². The van der Waals surface area contributed by atoms with Crippen LogP contribution in [0.5, 0.6) is 0 Å². The fraction of sp³-hybridized carbons (Fsp3) is 0.750. The maximum atomic E-state index is 12.3. The minimum absolute atomic E-state index is 0.0579. The van der Waals surface area contributed by atoms with Gasteiger partial charge in [-0.25, -0.2) is 9.59 Å². The smallest absolute Gasteiger partial charge is 0.407 e. The van der Waals surface area contributed by atoms with Gasteiger partial charge in [-0.1, -0.05) is 6.92 Å². The number of thioether (sulfide) groups is 1. The zero-order valence-corrected chi connectivity index (χ0v) is 23.9. The summed E-state index contributed by atoms with van der Waals surface area (Å²) in [4.78, 5) is 69.6. The summed E-state index contributed by atoms with van der Waals surface area (Å²) in [6.07, 6.45) is 3.89. The maximum absolute atomic E-state index is 12.3. The van der Waals surface area contributed by atoms with Crippen molar-refractivity contribution in [3.05, 3.63) is 0 Å². The third-order valence-electron chi connectivity index (χ3n) is 5.20. The molecule has 13 nitrogen and oxygen atoms in total. The third kappa shape index (κ3) is 15.3. The summed E-state index contributed by atoms with van der Waals surface area (Å²) in [5.41, 5.74) is 0. The van der Waals surface area contributed by atoms with Gasteiger partial charge in [-0.15, -0.1) is 0 Å². The number of likely N-dealkylation sites (tertiary alicyclic amines) is 1. The predicted molar refractivity (Wildman–Crippen MR) is 143 cm³/mol. The second kappa shape index (κ2) is 21.0. The number of alkyl carbamates (subject to hydrolysis) is 2. The van der Waals surface area contributed by atoms with Gasteiger partial charge in [0.05, 0.1) is 18.5 Å². The first-order valence-electron chi connectivity index (χ1n) is 12.8. The molecular formula is C24H43N5O8S. The molecule has 0 aliphatic carbocycles. The highest BCUT2D eigenvalue weighted by Crippen LogP contribution is 2.21. The van der Waals surface area contributed by atoms with E-state index >= 15 is 0 Å². The Kier molecular flexibility index (Phi) is 19.3. The summed E-state index contributed by atoms with van der Waals surface area (Å²) < 4.78 is 9.59. The number of unbranched alkanes of at least 4 members (excludes halogenated alkanes) is 1. The van der Waals surface area contributed by atoms with E-state index in [-0.39, 0.29) is 42.0 Å². The van der Waals surface area contributed by atoms with Crippen LogP contribution in [0.1, 0.15) is 59.3 Å². The quantitative estimate of drug-likeness (QED) is 0.169. The summed E-state index contributed by atoms with van der Waals surface area (Å²) in [6.45, 7) is 6.81. The topological polar surface area (TPSA) is 172 Å². The van der Waals surface area contributed by atoms with Crippen LogP contribution in [0.25, 0.3) is 0 Å². The molecule has 0 aromatic heterocycles. The molecule has 0 radical (unpaired) electrons. The van der Waals surface area contributed by atoms with Crippen LogP contribution in [0.4, 0.5) is 9.59 Å². The molecular weight excluding hydrogens is 518 g/mol. The van der Waals surface area contributed by atoms with Crippen molar-refractivity contribution in [2.24, 2.45) is 0 Å². The largest absolute Gasteiger partial charge is 0.450 e. The first-order valence-corrected chi connectivity index (χ1v) is 14.1. The number of amides is 6. The number of hydrogen-bond donors (Lipinski definition) is 4. The number of imide groups is 1. The van der Waals surface area contributed by atoms with Crippen molar-refractivity contribution in [1.29, 1.82) is 0 Å². The van der Waals surface area contributed by atoms with Crippen LogP contribution < -0.4 is 21.3 Å². The van der Waals surface area contributed by atoms with Gasteiger partial charge >= 0.3 is 12.2 Å². The van der Waals surface area contributed by atoms with Crippen LogP contribution in [-0.4, -0.2) is 98.2 Å². The summed E-state index contributed by atoms with van der Waals surface area (Å²) in [5, 5.41) is 10.4. The standard InChI is InChI=1S/C18H34N4O6.C6H9NO2S/c1-4-9-15(23)19-12-13-20-16(24)14(22-18(26)28-6-3)10-7-8-11-21-17(25)27-5-2;1-7-5(8)3-4(10-2)6(7)9/h14H,4-13H2,1-3H3,(H,19,23)(H,20,24)(H,21,25)(H,22,26);4H,3H2,1-2H3. The summed E-state index contributed by atoms with van der Waals surface area (Å²) in [6, 6.07) is -0.756. The first-order chi connectivity index (χ1) is 18.1. The zero-order valence-electron chi connectivity index (χ0n) is 23.1. The highest BCUT2D eigenvalue weighted by Gasteiger charge is 2.35. The molecule has 1 aliphatic heterocycles. The first kappa shape index (κ1) is 35.0. The van der Waals surface area contributed by atoms with Crippen LogP contribution in [0.3, 0.4) is 0 Å². The molecule has 218 valence electrons. The lowest BCUT2D eigenvalue weighted by Gasteiger charge is -2.18. The Hall–Kier alpha value is -3.03. The highest BCUT2D eigenvalue weighted by atomic mass is 32.2. The van der Waals surface area contributed by atoms with Gasteiger partial charge in [0, 0.05) is 39.5 Å². The number of ether oxygens (including phenoxy) is 2. The molecule has 0 spiro atoms. The van der Waals surface area contributed by atoms with E-state index in [1.165, 1.54) is 23.7 Å². The minimum Gasteiger partial charge on any atom is -0.450 e. The number of nitrogens with one attached hydrogen (secondary N) is 4. The monoisotopic (exact) mass is 561 g/mol. The molecule has 1 saturated heterocycles. The van der Waals surface area contributed by atoms with E-state index in [2.05, 4.69) is 21.3 Å². The van der Waals surface area contributed by atoms with E-state index in [4.69, 9.17) is 9.47 Å². The van der Waals surface area contributed by atoms with Crippen LogP contribution in [0, 0.1) is 0 Å². The third-order valence-corrected chi connectivity index (χ3v) is 6.13. The molecule has 0 aromatic rings. The molecule has 2 unspecified atom stereocenters.